The fraction of sp³-hybridized carbons (Fsp3) is 0.400. The van der Waals surface area contributed by atoms with Crippen LogP contribution in [0.15, 0.2) is 18.2 Å². The topological polar surface area (TPSA) is 0 Å². The Morgan fingerprint density at radius 3 is 1.67 bits per heavy atom. The van der Waals surface area contributed by atoms with E-state index < -0.39 is 0 Å². The monoisotopic (exact) mass is 183 g/mol. The molecular formula is C10H16FSi. The molecule has 0 aromatic heterocycles. The normalized spacial score (nSPS) is 9.75. The van der Waals surface area contributed by atoms with Crippen LogP contribution < -0.4 is 5.19 Å². The lowest BCUT2D eigenvalue weighted by molar-refractivity contribution is 1.11. The highest BCUT2D eigenvalue weighted by molar-refractivity contribution is 6.70. The first kappa shape index (κ1) is 11.4. The van der Waals surface area contributed by atoms with Gasteiger partial charge in [-0.2, -0.15) is 0 Å². The van der Waals surface area contributed by atoms with Crippen molar-refractivity contribution < 1.29 is 4.70 Å². The summed E-state index contributed by atoms with van der Waals surface area (Å²) in [5.41, 5.74) is 2.79. The molecular weight excluding hydrogens is 167 g/mol. The second kappa shape index (κ2) is 4.41. The Morgan fingerprint density at radius 2 is 1.33 bits per heavy atom. The first-order chi connectivity index (χ1) is 5.09. The van der Waals surface area contributed by atoms with Crippen LogP contribution in [0, 0.1) is 13.8 Å². The Bertz CT molecular complexity index is 236. The van der Waals surface area contributed by atoms with E-state index in [1.54, 1.807) is 5.19 Å². The molecule has 0 saturated heterocycles. The zero-order valence-corrected chi connectivity index (χ0v) is 9.14. The van der Waals surface area contributed by atoms with E-state index in [0.29, 0.717) is 0 Å². The molecule has 0 aliphatic carbocycles. The minimum absolute atomic E-state index is 0. The van der Waals surface area contributed by atoms with E-state index in [0.717, 1.165) is 0 Å². The summed E-state index contributed by atoms with van der Waals surface area (Å²) in [6.45, 7) is 9.00. The van der Waals surface area contributed by atoms with Gasteiger partial charge in [0.15, 0.2) is 0 Å². The van der Waals surface area contributed by atoms with E-state index in [1.165, 1.54) is 11.1 Å². The molecule has 0 nitrogen and oxygen atoms in total. The van der Waals surface area contributed by atoms with Gasteiger partial charge in [0.25, 0.3) is 0 Å². The summed E-state index contributed by atoms with van der Waals surface area (Å²) in [6, 6.07) is 6.84. The van der Waals surface area contributed by atoms with Crippen molar-refractivity contribution in [3.8, 4) is 0 Å². The third kappa shape index (κ3) is 2.78. The van der Waals surface area contributed by atoms with Crippen LogP contribution in [0.5, 0.6) is 0 Å². The predicted octanol–water partition coefficient (Wildman–Crippen LogP) is 2.42. The van der Waals surface area contributed by atoms with Gasteiger partial charge in [-0.05, 0) is 13.8 Å². The van der Waals surface area contributed by atoms with Crippen LogP contribution >= 0.6 is 0 Å². The second-order valence-corrected chi connectivity index (χ2v) is 5.95. The van der Waals surface area contributed by atoms with E-state index in [2.05, 4.69) is 45.1 Å². The molecule has 0 N–H and O–H groups in total. The zero-order chi connectivity index (χ0) is 8.43. The van der Waals surface area contributed by atoms with E-state index in [4.69, 9.17) is 0 Å². The van der Waals surface area contributed by atoms with Gasteiger partial charge in [-0.3, -0.25) is 4.70 Å². The zero-order valence-electron chi connectivity index (χ0n) is 8.14. The van der Waals surface area contributed by atoms with Crippen LogP contribution in [0.1, 0.15) is 11.1 Å². The van der Waals surface area contributed by atoms with E-state index in [-0.39, 0.29) is 13.5 Å². The molecule has 0 amide bonds. The molecule has 0 spiro atoms. The van der Waals surface area contributed by atoms with Gasteiger partial charge < -0.3 is 0 Å². The van der Waals surface area contributed by atoms with Gasteiger partial charge in [0.2, 0.25) is 0 Å². The number of hydrogen-bond acceptors (Lipinski definition) is 0. The summed E-state index contributed by atoms with van der Waals surface area (Å²) in [7, 11) is -0.256. The van der Waals surface area contributed by atoms with Crippen molar-refractivity contribution in [1.29, 1.82) is 0 Å². The van der Waals surface area contributed by atoms with Crippen molar-refractivity contribution in [2.75, 3.05) is 0 Å². The molecule has 0 aliphatic heterocycles. The third-order valence-corrected chi connectivity index (χ3v) is 3.24. The molecule has 67 valence electrons. The van der Waals surface area contributed by atoms with Crippen LogP contribution in [0.4, 0.5) is 4.70 Å². The van der Waals surface area contributed by atoms with Gasteiger partial charge in [-0.25, -0.2) is 0 Å². The maximum Gasteiger partial charge on any atom is 0.0791 e. The quantitative estimate of drug-likeness (QED) is 0.587. The standard InChI is InChI=1S/C10H15Si.FH/c1-8-5-9(2)7-10(6-8)11(3)4;/h5-7H,1-4H3;1H. The van der Waals surface area contributed by atoms with Gasteiger partial charge in [0, 0.05) is 0 Å². The molecule has 1 aromatic rings. The molecule has 0 unspecified atom stereocenters. The highest BCUT2D eigenvalue weighted by Gasteiger charge is 2.00. The molecule has 0 atom stereocenters. The van der Waals surface area contributed by atoms with Gasteiger partial charge in [-0.15, -0.1) is 0 Å². The molecule has 1 rings (SSSR count). The van der Waals surface area contributed by atoms with Crippen molar-refractivity contribution in [1.82, 2.24) is 0 Å². The summed E-state index contributed by atoms with van der Waals surface area (Å²) in [5.74, 6) is 0. The van der Waals surface area contributed by atoms with Crippen LogP contribution in [-0.2, 0) is 0 Å². The second-order valence-electron chi connectivity index (χ2n) is 3.38. The van der Waals surface area contributed by atoms with E-state index in [9.17, 15) is 0 Å². The van der Waals surface area contributed by atoms with Crippen LogP contribution in [0.3, 0.4) is 0 Å². The average molecular weight is 183 g/mol. The first-order valence-corrected chi connectivity index (χ1v) is 6.48. The van der Waals surface area contributed by atoms with Crippen LogP contribution in [-0.4, -0.2) is 8.80 Å². The van der Waals surface area contributed by atoms with Crippen molar-refractivity contribution in [2.45, 2.75) is 26.9 Å². The van der Waals surface area contributed by atoms with E-state index >= 15 is 0 Å². The van der Waals surface area contributed by atoms with Gasteiger partial charge in [-0.1, -0.05) is 47.6 Å². The molecule has 0 heterocycles. The van der Waals surface area contributed by atoms with Crippen molar-refractivity contribution in [3.63, 3.8) is 0 Å². The minimum Gasteiger partial charge on any atom is -0.269 e. The Morgan fingerprint density at radius 1 is 0.917 bits per heavy atom. The Kier molecular flexibility index (Phi) is 4.17. The smallest absolute Gasteiger partial charge is 0.0791 e. The summed E-state index contributed by atoms with van der Waals surface area (Å²) >= 11 is 0. The number of benzene rings is 1. The number of halogens is 1. The lowest BCUT2D eigenvalue weighted by Crippen LogP contribution is -2.22. The molecule has 12 heavy (non-hydrogen) atoms. The number of aryl methyl sites for hydroxylation is 2. The Labute approximate surface area is 75.6 Å². The largest absolute Gasteiger partial charge is 0.269 e. The van der Waals surface area contributed by atoms with Crippen molar-refractivity contribution in [2.24, 2.45) is 0 Å². The lowest BCUT2D eigenvalue weighted by Gasteiger charge is -2.05. The van der Waals surface area contributed by atoms with Crippen molar-refractivity contribution >= 4 is 14.0 Å². The first-order valence-electron chi connectivity index (χ1n) is 3.98. The molecule has 1 aromatic carbocycles. The van der Waals surface area contributed by atoms with Gasteiger partial charge in [0.1, 0.15) is 0 Å². The molecule has 1 radical (unpaired) electrons. The fourth-order valence-corrected chi connectivity index (χ4v) is 2.30. The maximum atomic E-state index is 2.33. The van der Waals surface area contributed by atoms with E-state index in [1.807, 2.05) is 0 Å². The molecule has 0 fully saturated rings. The Balaban J connectivity index is 0.00000121. The highest BCUT2D eigenvalue weighted by atomic mass is 28.3. The number of rotatable bonds is 1. The SMILES string of the molecule is Cc1cc(C)cc([Si](C)C)c1.F. The third-order valence-electron chi connectivity index (χ3n) is 1.80. The lowest BCUT2D eigenvalue weighted by atomic mass is 10.2. The number of hydrogen-bond donors (Lipinski definition) is 0. The molecule has 0 aliphatic rings. The summed E-state index contributed by atoms with van der Waals surface area (Å²) in [6.07, 6.45) is 0. The average Bonchev–Trinajstić information content (AvgIpc) is 1.85. The van der Waals surface area contributed by atoms with Gasteiger partial charge in [0.05, 0.1) is 8.80 Å². The molecule has 2 heteroatoms. The maximum absolute atomic E-state index is 2.33. The van der Waals surface area contributed by atoms with Crippen LogP contribution in [0.25, 0.3) is 0 Å². The summed E-state index contributed by atoms with van der Waals surface area (Å²) in [5, 5.41) is 1.55. The highest BCUT2D eigenvalue weighted by Crippen LogP contribution is 2.01. The van der Waals surface area contributed by atoms with Crippen LogP contribution in [0.2, 0.25) is 13.1 Å². The van der Waals surface area contributed by atoms with Gasteiger partial charge >= 0.3 is 0 Å². The van der Waals surface area contributed by atoms with Crippen molar-refractivity contribution in [3.05, 3.63) is 29.3 Å². The summed E-state index contributed by atoms with van der Waals surface area (Å²) < 4.78 is 0. The summed E-state index contributed by atoms with van der Waals surface area (Å²) in [4.78, 5) is 0. The fourth-order valence-electron chi connectivity index (χ4n) is 1.26. The minimum atomic E-state index is -0.256. The Hall–Kier alpha value is -0.633. The molecule has 0 saturated carbocycles. The predicted molar refractivity (Wildman–Crippen MR) is 55.5 cm³/mol. The molecule has 0 bridgehead atoms.